The van der Waals surface area contributed by atoms with Crippen molar-refractivity contribution in [1.82, 2.24) is 0 Å². The summed E-state index contributed by atoms with van der Waals surface area (Å²) in [5, 5.41) is 0. The maximum absolute atomic E-state index is 6.06. The van der Waals surface area contributed by atoms with Crippen LogP contribution in [-0.4, -0.2) is 6.54 Å². The van der Waals surface area contributed by atoms with Crippen molar-refractivity contribution in [1.29, 1.82) is 0 Å². The van der Waals surface area contributed by atoms with Gasteiger partial charge in [-0.3, -0.25) is 0 Å². The summed E-state index contributed by atoms with van der Waals surface area (Å²) in [6.07, 6.45) is 19.2. The van der Waals surface area contributed by atoms with Crippen LogP contribution in [0.3, 0.4) is 0 Å². The lowest BCUT2D eigenvalue weighted by Gasteiger charge is -2.40. The number of hydrogen-bond donors (Lipinski definition) is 1. The Bertz CT molecular complexity index is 510. The van der Waals surface area contributed by atoms with Crippen molar-refractivity contribution in [3.8, 4) is 0 Å². The van der Waals surface area contributed by atoms with Gasteiger partial charge in [-0.25, -0.2) is 0 Å². The fourth-order valence-corrected chi connectivity index (χ4v) is 5.16. The van der Waals surface area contributed by atoms with E-state index in [0.717, 1.165) is 12.5 Å². The molecule has 1 saturated carbocycles. The Morgan fingerprint density at radius 3 is 3.11 bits per heavy atom. The van der Waals surface area contributed by atoms with Gasteiger partial charge in [0.25, 0.3) is 0 Å². The molecule has 0 aromatic heterocycles. The fourth-order valence-electron chi connectivity index (χ4n) is 5.16. The van der Waals surface area contributed by atoms with Gasteiger partial charge in [0.1, 0.15) is 0 Å². The lowest BCUT2D eigenvalue weighted by Crippen LogP contribution is -2.33. The van der Waals surface area contributed by atoms with E-state index in [1.165, 1.54) is 12.8 Å². The highest BCUT2D eigenvalue weighted by molar-refractivity contribution is 5.48. The van der Waals surface area contributed by atoms with Crippen LogP contribution in [0.15, 0.2) is 48.1 Å². The second-order valence-corrected chi connectivity index (χ2v) is 6.50. The van der Waals surface area contributed by atoms with E-state index in [4.69, 9.17) is 5.73 Å². The van der Waals surface area contributed by atoms with Gasteiger partial charge in [0, 0.05) is 10.8 Å². The van der Waals surface area contributed by atoms with Gasteiger partial charge >= 0.3 is 0 Å². The van der Waals surface area contributed by atoms with E-state index >= 15 is 0 Å². The van der Waals surface area contributed by atoms with Gasteiger partial charge in [-0.05, 0) is 42.7 Å². The molecule has 0 amide bonds. The van der Waals surface area contributed by atoms with E-state index < -0.39 is 0 Å². The van der Waals surface area contributed by atoms with Gasteiger partial charge < -0.3 is 5.73 Å². The van der Waals surface area contributed by atoms with Gasteiger partial charge in [-0.1, -0.05) is 49.5 Å². The average molecular weight is 239 g/mol. The van der Waals surface area contributed by atoms with E-state index in [9.17, 15) is 0 Å². The molecule has 1 spiro atoms. The summed E-state index contributed by atoms with van der Waals surface area (Å²) < 4.78 is 0. The molecule has 1 heteroatoms. The molecule has 2 N–H and O–H groups in total. The van der Waals surface area contributed by atoms with Crippen molar-refractivity contribution in [2.24, 2.45) is 34.3 Å². The largest absolute Gasteiger partial charge is 0.330 e. The molecule has 0 heterocycles. The van der Waals surface area contributed by atoms with E-state index in [1.54, 1.807) is 5.57 Å². The van der Waals surface area contributed by atoms with Crippen LogP contribution < -0.4 is 5.73 Å². The van der Waals surface area contributed by atoms with Crippen molar-refractivity contribution in [2.75, 3.05) is 6.54 Å². The van der Waals surface area contributed by atoms with Crippen LogP contribution in [0.4, 0.5) is 0 Å². The predicted molar refractivity (Wildman–Crippen MR) is 74.8 cm³/mol. The first-order valence-corrected chi connectivity index (χ1v) is 7.19. The minimum atomic E-state index is 0.293. The maximum Gasteiger partial charge on any atom is 0.00941 e. The van der Waals surface area contributed by atoms with Crippen molar-refractivity contribution in [3.05, 3.63) is 48.1 Å². The predicted octanol–water partition coefficient (Wildman–Crippen LogP) is 3.22. The van der Waals surface area contributed by atoms with Crippen LogP contribution in [0.25, 0.3) is 0 Å². The topological polar surface area (TPSA) is 26.0 Å². The highest BCUT2D eigenvalue weighted by atomic mass is 14.8. The Morgan fingerprint density at radius 1 is 1.39 bits per heavy atom. The molecule has 0 radical (unpaired) electrons. The van der Waals surface area contributed by atoms with Crippen molar-refractivity contribution < 1.29 is 0 Å². The molecule has 4 unspecified atom stereocenters. The third-order valence-electron chi connectivity index (χ3n) is 6.02. The van der Waals surface area contributed by atoms with Crippen molar-refractivity contribution >= 4 is 0 Å². The Kier molecular flexibility index (Phi) is 1.96. The van der Waals surface area contributed by atoms with Gasteiger partial charge in [0.15, 0.2) is 0 Å². The summed E-state index contributed by atoms with van der Waals surface area (Å²) in [6, 6.07) is 0. The molecular weight excluding hydrogens is 218 g/mol. The first-order valence-electron chi connectivity index (χ1n) is 7.19. The highest BCUT2D eigenvalue weighted by Crippen LogP contribution is 2.78. The SMILES string of the molecule is CC12C=C3C=CCCC3C3C=CC=C[C@]31C2CN. The van der Waals surface area contributed by atoms with Gasteiger partial charge in [0.05, 0.1) is 0 Å². The molecule has 0 aliphatic heterocycles. The standard InChI is InChI=1S/C17H21N/c1-16-10-12-6-2-3-7-13(12)14-8-4-5-9-17(14,16)15(16)11-18/h2,4-6,8-10,13-15H,3,7,11,18H2,1H3/t13?,14?,15?,16?,17-/m1/s1. The Hall–Kier alpha value is -1.08. The zero-order valence-corrected chi connectivity index (χ0v) is 11.0. The Labute approximate surface area is 109 Å². The minimum Gasteiger partial charge on any atom is -0.330 e. The zero-order valence-electron chi connectivity index (χ0n) is 11.0. The third-order valence-corrected chi connectivity index (χ3v) is 6.02. The number of rotatable bonds is 1. The summed E-state index contributed by atoms with van der Waals surface area (Å²) in [5.41, 5.74) is 8.26. The van der Waals surface area contributed by atoms with Gasteiger partial charge in [-0.15, -0.1) is 0 Å². The molecular formula is C17H21N. The summed E-state index contributed by atoms with van der Waals surface area (Å²) in [6.45, 7) is 3.22. The normalized spacial score (nSPS) is 51.2. The summed E-state index contributed by atoms with van der Waals surface area (Å²) in [4.78, 5) is 0. The smallest absolute Gasteiger partial charge is 0.00941 e. The van der Waals surface area contributed by atoms with Gasteiger partial charge in [-0.2, -0.15) is 0 Å². The van der Waals surface area contributed by atoms with Crippen LogP contribution in [0.5, 0.6) is 0 Å². The van der Waals surface area contributed by atoms with E-state index in [0.29, 0.717) is 22.7 Å². The second-order valence-electron chi connectivity index (χ2n) is 6.50. The molecule has 0 aromatic carbocycles. The molecule has 1 nitrogen and oxygen atoms in total. The molecule has 5 atom stereocenters. The first-order chi connectivity index (χ1) is 8.74. The molecule has 1 fully saturated rings. The number of nitrogens with two attached hydrogens (primary N) is 1. The van der Waals surface area contributed by atoms with Crippen LogP contribution in [0.2, 0.25) is 0 Å². The van der Waals surface area contributed by atoms with Crippen molar-refractivity contribution in [3.63, 3.8) is 0 Å². The van der Waals surface area contributed by atoms with E-state index in [1.807, 2.05) is 0 Å². The number of fused-ring (bicyclic) bond motifs is 2. The molecule has 4 aliphatic carbocycles. The van der Waals surface area contributed by atoms with E-state index in [-0.39, 0.29) is 0 Å². The van der Waals surface area contributed by atoms with Crippen LogP contribution in [-0.2, 0) is 0 Å². The molecule has 4 aliphatic rings. The highest BCUT2D eigenvalue weighted by Gasteiger charge is 2.75. The third kappa shape index (κ3) is 0.994. The maximum atomic E-state index is 6.06. The monoisotopic (exact) mass is 239 g/mol. The summed E-state index contributed by atoms with van der Waals surface area (Å²) in [7, 11) is 0. The molecule has 4 rings (SSSR count). The first kappa shape index (κ1) is 10.8. The fraction of sp³-hybridized carbons (Fsp3) is 0.529. The van der Waals surface area contributed by atoms with Crippen LogP contribution in [0, 0.1) is 28.6 Å². The molecule has 0 aromatic rings. The summed E-state index contributed by atoms with van der Waals surface area (Å²) in [5.74, 6) is 2.02. The summed E-state index contributed by atoms with van der Waals surface area (Å²) >= 11 is 0. The van der Waals surface area contributed by atoms with Crippen LogP contribution >= 0.6 is 0 Å². The molecule has 94 valence electrons. The van der Waals surface area contributed by atoms with Gasteiger partial charge in [0.2, 0.25) is 0 Å². The molecule has 18 heavy (non-hydrogen) atoms. The quantitative estimate of drug-likeness (QED) is 0.747. The van der Waals surface area contributed by atoms with E-state index in [2.05, 4.69) is 49.5 Å². The lowest BCUT2D eigenvalue weighted by atomic mass is 9.63. The Morgan fingerprint density at radius 2 is 2.28 bits per heavy atom. The zero-order chi connectivity index (χ0) is 12.4. The molecule has 0 saturated heterocycles. The number of hydrogen-bond acceptors (Lipinski definition) is 1. The molecule has 0 bridgehead atoms. The lowest BCUT2D eigenvalue weighted by molar-refractivity contribution is 0.259. The second kappa shape index (κ2) is 3.27. The van der Waals surface area contributed by atoms with Crippen molar-refractivity contribution in [2.45, 2.75) is 19.8 Å². The van der Waals surface area contributed by atoms with Crippen LogP contribution in [0.1, 0.15) is 19.8 Å². The average Bonchev–Trinajstić information content (AvgIpc) is 2.91. The minimum absolute atomic E-state index is 0.293. The Balaban J connectivity index is 1.89. The number of allylic oxidation sites excluding steroid dienone is 8.